The van der Waals surface area contributed by atoms with Crippen LogP contribution in [-0.4, -0.2) is 4.92 Å². The molecule has 110 valence electrons. The smallest absolute Gasteiger partial charge is 0.273 e. The van der Waals surface area contributed by atoms with Gasteiger partial charge in [0.2, 0.25) is 0 Å². The standard InChI is InChI=1S/C14H15BrN4O2/c1-2-9-5-10(15)3-4-14(9)17-11-6-12(18-16)8-13(7-11)19(20)21/h3-8,17-18H,2,16H2,1H3. The van der Waals surface area contributed by atoms with Crippen molar-refractivity contribution in [3.8, 4) is 0 Å². The highest BCUT2D eigenvalue weighted by molar-refractivity contribution is 9.10. The predicted molar refractivity (Wildman–Crippen MR) is 87.7 cm³/mol. The highest BCUT2D eigenvalue weighted by atomic mass is 79.9. The van der Waals surface area contributed by atoms with Crippen LogP contribution in [0.15, 0.2) is 40.9 Å². The van der Waals surface area contributed by atoms with Crippen LogP contribution in [0.4, 0.5) is 22.7 Å². The van der Waals surface area contributed by atoms with Crippen molar-refractivity contribution in [1.29, 1.82) is 0 Å². The van der Waals surface area contributed by atoms with Gasteiger partial charge >= 0.3 is 0 Å². The molecule has 7 heteroatoms. The number of hydrogen-bond acceptors (Lipinski definition) is 5. The van der Waals surface area contributed by atoms with Crippen molar-refractivity contribution < 1.29 is 4.92 Å². The number of hydrogen-bond donors (Lipinski definition) is 3. The van der Waals surface area contributed by atoms with Gasteiger partial charge in [-0.3, -0.25) is 16.0 Å². The first-order valence-electron chi connectivity index (χ1n) is 6.35. The zero-order chi connectivity index (χ0) is 15.4. The number of nitrogen functional groups attached to an aromatic ring is 1. The van der Waals surface area contributed by atoms with Crippen LogP contribution in [-0.2, 0) is 6.42 Å². The Morgan fingerprint density at radius 2 is 1.95 bits per heavy atom. The summed E-state index contributed by atoms with van der Waals surface area (Å²) in [6, 6.07) is 10.4. The molecule has 0 bridgehead atoms. The van der Waals surface area contributed by atoms with Gasteiger partial charge in [0.05, 0.1) is 10.6 Å². The fourth-order valence-corrected chi connectivity index (χ4v) is 2.41. The molecule has 0 aliphatic heterocycles. The average Bonchev–Trinajstić information content (AvgIpc) is 2.48. The molecule has 0 aliphatic rings. The van der Waals surface area contributed by atoms with Gasteiger partial charge in [0.25, 0.3) is 5.69 Å². The fraction of sp³-hybridized carbons (Fsp3) is 0.143. The summed E-state index contributed by atoms with van der Waals surface area (Å²) in [4.78, 5) is 10.5. The molecule has 0 atom stereocenters. The van der Waals surface area contributed by atoms with E-state index in [-0.39, 0.29) is 5.69 Å². The van der Waals surface area contributed by atoms with Gasteiger partial charge in [0.1, 0.15) is 0 Å². The molecule has 0 aromatic heterocycles. The summed E-state index contributed by atoms with van der Waals surface area (Å²) in [5, 5.41) is 14.1. The van der Waals surface area contributed by atoms with Crippen molar-refractivity contribution in [3.63, 3.8) is 0 Å². The summed E-state index contributed by atoms with van der Waals surface area (Å²) in [5.74, 6) is 5.35. The number of nitrogens with zero attached hydrogens (tertiary/aromatic N) is 1. The number of nitrogens with one attached hydrogen (secondary N) is 2. The number of aryl methyl sites for hydroxylation is 1. The first-order chi connectivity index (χ1) is 10.0. The number of hydrazine groups is 1. The third-order valence-electron chi connectivity index (χ3n) is 3.02. The van der Waals surface area contributed by atoms with Crippen LogP contribution in [0, 0.1) is 10.1 Å². The van der Waals surface area contributed by atoms with Crippen LogP contribution in [0.3, 0.4) is 0 Å². The topological polar surface area (TPSA) is 93.2 Å². The number of benzene rings is 2. The lowest BCUT2D eigenvalue weighted by molar-refractivity contribution is -0.384. The minimum atomic E-state index is -0.450. The van der Waals surface area contributed by atoms with Gasteiger partial charge in [0, 0.05) is 28.0 Å². The molecule has 2 aromatic rings. The molecule has 0 radical (unpaired) electrons. The number of anilines is 3. The predicted octanol–water partition coefficient (Wildman–Crippen LogP) is 3.95. The fourth-order valence-electron chi connectivity index (χ4n) is 2.00. The van der Waals surface area contributed by atoms with Crippen molar-refractivity contribution in [2.24, 2.45) is 5.84 Å². The molecule has 0 fully saturated rings. The van der Waals surface area contributed by atoms with Crippen molar-refractivity contribution in [3.05, 3.63) is 56.5 Å². The second-order valence-corrected chi connectivity index (χ2v) is 5.37. The third kappa shape index (κ3) is 3.71. The number of halogens is 1. The van der Waals surface area contributed by atoms with E-state index < -0.39 is 4.92 Å². The van der Waals surface area contributed by atoms with Gasteiger partial charge in [-0.05, 0) is 36.2 Å². The molecule has 0 spiro atoms. The lowest BCUT2D eigenvalue weighted by Crippen LogP contribution is -2.07. The molecule has 21 heavy (non-hydrogen) atoms. The van der Waals surface area contributed by atoms with E-state index in [0.717, 1.165) is 22.1 Å². The van der Waals surface area contributed by atoms with Crippen LogP contribution in [0.25, 0.3) is 0 Å². The van der Waals surface area contributed by atoms with Gasteiger partial charge in [-0.2, -0.15) is 0 Å². The van der Waals surface area contributed by atoms with Gasteiger partial charge in [-0.25, -0.2) is 0 Å². The largest absolute Gasteiger partial charge is 0.355 e. The highest BCUT2D eigenvalue weighted by Gasteiger charge is 2.10. The quantitative estimate of drug-likeness (QED) is 0.431. The first-order valence-corrected chi connectivity index (χ1v) is 7.14. The van der Waals surface area contributed by atoms with E-state index in [2.05, 4.69) is 26.7 Å². The van der Waals surface area contributed by atoms with E-state index in [9.17, 15) is 10.1 Å². The Hall–Kier alpha value is -2.12. The lowest BCUT2D eigenvalue weighted by Gasteiger charge is -2.12. The van der Waals surface area contributed by atoms with Crippen LogP contribution in [0.1, 0.15) is 12.5 Å². The van der Waals surface area contributed by atoms with Crippen molar-refractivity contribution in [1.82, 2.24) is 0 Å². The number of nitro benzene ring substituents is 1. The minimum absolute atomic E-state index is 0.0249. The minimum Gasteiger partial charge on any atom is -0.355 e. The van der Waals surface area contributed by atoms with Crippen molar-refractivity contribution in [2.75, 3.05) is 10.7 Å². The molecule has 0 unspecified atom stereocenters. The Labute approximate surface area is 130 Å². The summed E-state index contributed by atoms with van der Waals surface area (Å²) < 4.78 is 0.994. The first kappa shape index (κ1) is 15.3. The zero-order valence-corrected chi connectivity index (χ0v) is 13.0. The zero-order valence-electron chi connectivity index (χ0n) is 11.4. The van der Waals surface area contributed by atoms with Crippen LogP contribution in [0.2, 0.25) is 0 Å². The molecule has 0 aliphatic carbocycles. The summed E-state index contributed by atoms with van der Waals surface area (Å²) in [6.07, 6.45) is 0.846. The second-order valence-electron chi connectivity index (χ2n) is 4.45. The average molecular weight is 351 g/mol. The monoisotopic (exact) mass is 350 g/mol. The van der Waals surface area contributed by atoms with Crippen molar-refractivity contribution >= 4 is 38.7 Å². The maximum Gasteiger partial charge on any atom is 0.273 e. The molecule has 2 rings (SSSR count). The molecule has 0 amide bonds. The third-order valence-corrected chi connectivity index (χ3v) is 3.52. The van der Waals surface area contributed by atoms with Gasteiger partial charge in [-0.15, -0.1) is 0 Å². The molecule has 0 saturated carbocycles. The summed E-state index contributed by atoms with van der Waals surface area (Å²) in [7, 11) is 0. The maximum absolute atomic E-state index is 10.9. The van der Waals surface area contributed by atoms with E-state index in [1.54, 1.807) is 6.07 Å². The summed E-state index contributed by atoms with van der Waals surface area (Å²) in [6.45, 7) is 2.05. The second kappa shape index (κ2) is 6.55. The number of non-ortho nitro benzene ring substituents is 1. The lowest BCUT2D eigenvalue weighted by atomic mass is 10.1. The van der Waals surface area contributed by atoms with Crippen LogP contribution in [0.5, 0.6) is 0 Å². The Morgan fingerprint density at radius 1 is 1.24 bits per heavy atom. The van der Waals surface area contributed by atoms with E-state index in [1.807, 2.05) is 25.1 Å². The summed E-state index contributed by atoms with van der Waals surface area (Å²) in [5.41, 5.74) is 5.50. The molecular formula is C14H15BrN4O2. The van der Waals surface area contributed by atoms with Gasteiger partial charge in [0.15, 0.2) is 0 Å². The number of rotatable bonds is 5. The van der Waals surface area contributed by atoms with E-state index in [0.29, 0.717) is 11.4 Å². The molecule has 0 saturated heterocycles. The van der Waals surface area contributed by atoms with Crippen LogP contribution >= 0.6 is 15.9 Å². The molecule has 0 heterocycles. The molecule has 2 aromatic carbocycles. The Morgan fingerprint density at radius 3 is 2.57 bits per heavy atom. The van der Waals surface area contributed by atoms with Gasteiger partial charge < -0.3 is 10.7 Å². The Bertz CT molecular complexity index is 676. The highest BCUT2D eigenvalue weighted by Crippen LogP contribution is 2.29. The van der Waals surface area contributed by atoms with Crippen molar-refractivity contribution in [2.45, 2.75) is 13.3 Å². The number of nitrogens with two attached hydrogens (primary N) is 1. The van der Waals surface area contributed by atoms with E-state index in [4.69, 9.17) is 5.84 Å². The Kier molecular flexibility index (Phi) is 4.77. The van der Waals surface area contributed by atoms with E-state index >= 15 is 0 Å². The SMILES string of the molecule is CCc1cc(Br)ccc1Nc1cc(NN)cc([N+](=O)[O-])c1. The van der Waals surface area contributed by atoms with E-state index in [1.165, 1.54) is 12.1 Å². The van der Waals surface area contributed by atoms with Crippen LogP contribution < -0.4 is 16.6 Å². The maximum atomic E-state index is 10.9. The molecular weight excluding hydrogens is 336 g/mol. The molecule has 6 nitrogen and oxygen atoms in total. The number of nitro groups is 1. The van der Waals surface area contributed by atoms with Gasteiger partial charge in [-0.1, -0.05) is 22.9 Å². The normalized spacial score (nSPS) is 10.2. The summed E-state index contributed by atoms with van der Waals surface area (Å²) >= 11 is 3.43. The Balaban J connectivity index is 2.39. The molecule has 4 N–H and O–H groups in total.